The molecule has 0 saturated carbocycles. The molecule has 1 fully saturated rings. The van der Waals surface area contributed by atoms with E-state index in [1.807, 2.05) is 88.4 Å². The number of nitrogens with zero attached hydrogens (tertiary/aromatic N) is 2. The van der Waals surface area contributed by atoms with Gasteiger partial charge in [-0.25, -0.2) is 0 Å². The first kappa shape index (κ1) is 21.6. The van der Waals surface area contributed by atoms with Crippen molar-refractivity contribution in [3.05, 3.63) is 88.5 Å². The number of aryl methyl sites for hydroxylation is 4. The molecule has 3 aromatic rings. The van der Waals surface area contributed by atoms with Gasteiger partial charge in [0.05, 0.1) is 7.11 Å². The van der Waals surface area contributed by atoms with Crippen molar-refractivity contribution in [1.29, 1.82) is 0 Å². The van der Waals surface area contributed by atoms with E-state index < -0.39 is 6.04 Å². The van der Waals surface area contributed by atoms with E-state index in [4.69, 9.17) is 4.74 Å². The largest absolute Gasteiger partial charge is 0.497 e. The summed E-state index contributed by atoms with van der Waals surface area (Å²) >= 11 is 0. The maximum Gasteiger partial charge on any atom is 0.255 e. The topological polar surface area (TPSA) is 49.9 Å². The number of hydrogen-bond donors (Lipinski definition) is 0. The molecular formula is C27H28N2O3. The SMILES string of the molecule is COc1ccc(C2C(=O)N(c3ccc(C)c(C)c3)CC(=O)N2c2ccc(C)c(C)c2)cc1. The summed E-state index contributed by atoms with van der Waals surface area (Å²) in [6.45, 7) is 8.09. The van der Waals surface area contributed by atoms with Gasteiger partial charge in [0.15, 0.2) is 0 Å². The summed E-state index contributed by atoms with van der Waals surface area (Å²) in [5, 5.41) is 0. The molecule has 3 aromatic carbocycles. The van der Waals surface area contributed by atoms with Gasteiger partial charge in [-0.2, -0.15) is 0 Å². The average molecular weight is 429 g/mol. The standard InChI is InChI=1S/C27H28N2O3/c1-17-6-10-22(14-19(17)3)28-16-25(30)29(23-11-7-18(2)20(4)15-23)26(27(28)31)21-8-12-24(32-5)13-9-21/h6-15,26H,16H2,1-5H3. The maximum atomic E-state index is 13.9. The number of amides is 2. The minimum absolute atomic E-state index is 0.000906. The summed E-state index contributed by atoms with van der Waals surface area (Å²) in [6.07, 6.45) is 0. The zero-order valence-electron chi connectivity index (χ0n) is 19.2. The van der Waals surface area contributed by atoms with E-state index >= 15 is 0 Å². The average Bonchev–Trinajstić information content (AvgIpc) is 2.79. The Hall–Kier alpha value is -3.60. The summed E-state index contributed by atoms with van der Waals surface area (Å²) < 4.78 is 5.28. The minimum Gasteiger partial charge on any atom is -0.497 e. The Balaban J connectivity index is 1.82. The van der Waals surface area contributed by atoms with Crippen LogP contribution >= 0.6 is 0 Å². The summed E-state index contributed by atoms with van der Waals surface area (Å²) in [6, 6.07) is 18.3. The number of carbonyl (C=O) groups is 2. The molecule has 1 unspecified atom stereocenters. The monoisotopic (exact) mass is 428 g/mol. The molecule has 0 radical (unpaired) electrons. The van der Waals surface area contributed by atoms with Crippen LogP contribution in [0.25, 0.3) is 0 Å². The third-order valence-corrected chi connectivity index (χ3v) is 6.32. The second-order valence-corrected chi connectivity index (χ2v) is 8.40. The molecule has 5 heteroatoms. The smallest absolute Gasteiger partial charge is 0.255 e. The second-order valence-electron chi connectivity index (χ2n) is 8.40. The molecule has 0 aliphatic carbocycles. The zero-order valence-corrected chi connectivity index (χ0v) is 19.2. The highest BCUT2D eigenvalue weighted by molar-refractivity contribution is 6.14. The Bertz CT molecular complexity index is 1180. The highest BCUT2D eigenvalue weighted by Crippen LogP contribution is 2.36. The maximum absolute atomic E-state index is 13.9. The van der Waals surface area contributed by atoms with Crippen LogP contribution in [0.5, 0.6) is 5.75 Å². The Labute approximate surface area is 189 Å². The third kappa shape index (κ3) is 3.86. The lowest BCUT2D eigenvalue weighted by atomic mass is 9.98. The van der Waals surface area contributed by atoms with Crippen molar-refractivity contribution in [2.75, 3.05) is 23.5 Å². The molecule has 5 nitrogen and oxygen atoms in total. The van der Waals surface area contributed by atoms with Gasteiger partial charge in [-0.3, -0.25) is 14.5 Å². The molecule has 0 bridgehead atoms. The Morgan fingerprint density at radius 3 is 1.88 bits per heavy atom. The fourth-order valence-electron chi connectivity index (χ4n) is 4.05. The van der Waals surface area contributed by atoms with E-state index in [-0.39, 0.29) is 18.4 Å². The quantitative estimate of drug-likeness (QED) is 0.584. The fourth-order valence-corrected chi connectivity index (χ4v) is 4.05. The molecule has 0 aromatic heterocycles. The first-order chi connectivity index (χ1) is 15.3. The Morgan fingerprint density at radius 1 is 0.750 bits per heavy atom. The Kier molecular flexibility index (Phi) is 5.74. The number of hydrogen-bond acceptors (Lipinski definition) is 3. The summed E-state index contributed by atoms with van der Waals surface area (Å²) in [7, 11) is 1.60. The van der Waals surface area contributed by atoms with Gasteiger partial charge in [0.2, 0.25) is 5.91 Å². The molecule has 164 valence electrons. The number of anilines is 2. The molecule has 0 spiro atoms. The van der Waals surface area contributed by atoms with Crippen molar-refractivity contribution in [2.24, 2.45) is 0 Å². The van der Waals surface area contributed by atoms with Gasteiger partial charge < -0.3 is 9.64 Å². The molecular weight excluding hydrogens is 400 g/mol. The van der Waals surface area contributed by atoms with Gasteiger partial charge in [-0.15, -0.1) is 0 Å². The van der Waals surface area contributed by atoms with Crippen LogP contribution in [0, 0.1) is 27.7 Å². The number of methoxy groups -OCH3 is 1. The fraction of sp³-hybridized carbons (Fsp3) is 0.259. The molecule has 1 aliphatic rings. The normalized spacial score (nSPS) is 16.5. The van der Waals surface area contributed by atoms with Gasteiger partial charge in [0.1, 0.15) is 18.3 Å². The van der Waals surface area contributed by atoms with Crippen LogP contribution in [-0.4, -0.2) is 25.5 Å². The Morgan fingerprint density at radius 2 is 1.31 bits per heavy atom. The van der Waals surface area contributed by atoms with Gasteiger partial charge in [0.25, 0.3) is 5.91 Å². The van der Waals surface area contributed by atoms with Crippen molar-refractivity contribution >= 4 is 23.2 Å². The van der Waals surface area contributed by atoms with E-state index in [2.05, 4.69) is 0 Å². The van der Waals surface area contributed by atoms with Crippen LogP contribution in [-0.2, 0) is 9.59 Å². The van der Waals surface area contributed by atoms with Crippen LogP contribution in [0.3, 0.4) is 0 Å². The first-order valence-electron chi connectivity index (χ1n) is 10.7. The van der Waals surface area contributed by atoms with Crippen molar-refractivity contribution in [2.45, 2.75) is 33.7 Å². The van der Waals surface area contributed by atoms with Crippen molar-refractivity contribution in [3.63, 3.8) is 0 Å². The summed E-state index contributed by atoms with van der Waals surface area (Å²) in [4.78, 5) is 30.6. The van der Waals surface area contributed by atoms with Gasteiger partial charge in [0, 0.05) is 11.4 Å². The molecule has 1 saturated heterocycles. The minimum atomic E-state index is -0.758. The van der Waals surface area contributed by atoms with Crippen LogP contribution in [0.1, 0.15) is 33.9 Å². The molecule has 1 atom stereocenters. The van der Waals surface area contributed by atoms with E-state index in [0.29, 0.717) is 5.75 Å². The molecule has 1 heterocycles. The van der Waals surface area contributed by atoms with E-state index in [0.717, 1.165) is 39.2 Å². The number of ether oxygens (including phenoxy) is 1. The van der Waals surface area contributed by atoms with Crippen LogP contribution in [0.15, 0.2) is 60.7 Å². The first-order valence-corrected chi connectivity index (χ1v) is 10.7. The van der Waals surface area contributed by atoms with Crippen molar-refractivity contribution < 1.29 is 14.3 Å². The van der Waals surface area contributed by atoms with Crippen molar-refractivity contribution in [1.82, 2.24) is 0 Å². The van der Waals surface area contributed by atoms with Crippen LogP contribution in [0.2, 0.25) is 0 Å². The van der Waals surface area contributed by atoms with Crippen LogP contribution < -0.4 is 14.5 Å². The molecule has 0 N–H and O–H groups in total. The number of benzene rings is 3. The lowest BCUT2D eigenvalue weighted by molar-refractivity contribution is -0.128. The van der Waals surface area contributed by atoms with Gasteiger partial charge in [-0.05, 0) is 91.9 Å². The summed E-state index contributed by atoms with van der Waals surface area (Å²) in [5.74, 6) is 0.454. The number of carbonyl (C=O) groups excluding carboxylic acids is 2. The van der Waals surface area contributed by atoms with Gasteiger partial charge >= 0.3 is 0 Å². The van der Waals surface area contributed by atoms with Crippen LogP contribution in [0.4, 0.5) is 11.4 Å². The molecule has 2 amide bonds. The van der Waals surface area contributed by atoms with E-state index in [1.54, 1.807) is 16.9 Å². The third-order valence-electron chi connectivity index (χ3n) is 6.32. The lowest BCUT2D eigenvalue weighted by Crippen LogP contribution is -2.56. The lowest BCUT2D eigenvalue weighted by Gasteiger charge is -2.40. The molecule has 4 rings (SSSR count). The molecule has 32 heavy (non-hydrogen) atoms. The van der Waals surface area contributed by atoms with Gasteiger partial charge in [-0.1, -0.05) is 24.3 Å². The van der Waals surface area contributed by atoms with Crippen molar-refractivity contribution in [3.8, 4) is 5.75 Å². The predicted molar refractivity (Wildman–Crippen MR) is 127 cm³/mol. The zero-order chi connectivity index (χ0) is 23.0. The molecule has 1 aliphatic heterocycles. The van der Waals surface area contributed by atoms with E-state index in [9.17, 15) is 9.59 Å². The number of rotatable bonds is 4. The summed E-state index contributed by atoms with van der Waals surface area (Å²) in [5.41, 5.74) is 6.66. The highest BCUT2D eigenvalue weighted by atomic mass is 16.5. The highest BCUT2D eigenvalue weighted by Gasteiger charge is 2.42. The van der Waals surface area contributed by atoms with E-state index in [1.165, 1.54) is 0 Å². The second kappa shape index (κ2) is 8.50. The predicted octanol–water partition coefficient (Wildman–Crippen LogP) is 5.05. The number of piperazine rings is 1.